The fraction of sp³-hybridized carbons (Fsp3) is 0.385. The summed E-state index contributed by atoms with van der Waals surface area (Å²) < 4.78 is 8.46. The van der Waals surface area contributed by atoms with Crippen LogP contribution in [0.25, 0.3) is 11.1 Å². The van der Waals surface area contributed by atoms with Gasteiger partial charge < -0.3 is 19.7 Å². The van der Waals surface area contributed by atoms with E-state index in [1.54, 1.807) is 31.3 Å². The molecule has 2 heterocycles. The highest BCUT2D eigenvalue weighted by Gasteiger charge is 2.30. The molecule has 0 saturated carbocycles. The van der Waals surface area contributed by atoms with Crippen LogP contribution in [0.2, 0.25) is 0 Å². The number of aliphatic carboxylic acids is 1. The van der Waals surface area contributed by atoms with Crippen molar-refractivity contribution in [1.29, 1.82) is 0 Å². The second-order valence-corrected chi connectivity index (χ2v) is 8.99. The van der Waals surface area contributed by atoms with Gasteiger partial charge in [-0.15, -0.1) is 0 Å². The Morgan fingerprint density at radius 1 is 1.09 bits per heavy atom. The average molecular weight is 481 g/mol. The molecular weight excluding hydrogens is 448 g/mol. The van der Waals surface area contributed by atoms with Gasteiger partial charge in [-0.3, -0.25) is 9.59 Å². The van der Waals surface area contributed by atoms with Crippen LogP contribution in [0.3, 0.4) is 0 Å². The van der Waals surface area contributed by atoms with E-state index in [0.717, 1.165) is 11.4 Å². The molecule has 2 atom stereocenters. The molecule has 0 radical (unpaired) electrons. The summed E-state index contributed by atoms with van der Waals surface area (Å²) in [7, 11) is 3.02. The summed E-state index contributed by atoms with van der Waals surface area (Å²) in [6, 6.07) is 9.23. The van der Waals surface area contributed by atoms with E-state index in [9.17, 15) is 19.5 Å². The van der Waals surface area contributed by atoms with E-state index >= 15 is 0 Å². The number of aryl methyl sites for hydroxylation is 3. The first-order valence-corrected chi connectivity index (χ1v) is 11.4. The number of aromatic nitrogens is 3. The third-order valence-corrected chi connectivity index (χ3v) is 6.12. The molecule has 0 aliphatic heterocycles. The molecule has 186 valence electrons. The molecular formula is C26H32N4O5. The Morgan fingerprint density at radius 3 is 2.20 bits per heavy atom. The number of hydrogen-bond donors (Lipinski definition) is 2. The predicted octanol–water partition coefficient (Wildman–Crippen LogP) is 2.88. The van der Waals surface area contributed by atoms with Crippen molar-refractivity contribution in [1.82, 2.24) is 19.7 Å². The summed E-state index contributed by atoms with van der Waals surface area (Å²) in [5.74, 6) is -1.13. The van der Waals surface area contributed by atoms with Gasteiger partial charge in [-0.05, 0) is 43.0 Å². The highest BCUT2D eigenvalue weighted by molar-refractivity contribution is 5.86. The average Bonchev–Trinajstić information content (AvgIpc) is 3.13. The third kappa shape index (κ3) is 5.45. The molecule has 3 aromatic rings. The number of carboxylic acid groups (broad SMARTS) is 1. The fourth-order valence-corrected chi connectivity index (χ4v) is 4.28. The molecule has 0 aliphatic carbocycles. The number of methoxy groups -OCH3 is 1. The topological polar surface area (TPSA) is 115 Å². The molecule has 2 N–H and O–H groups in total. The van der Waals surface area contributed by atoms with E-state index in [4.69, 9.17) is 4.74 Å². The summed E-state index contributed by atoms with van der Waals surface area (Å²) in [6.45, 7) is 7.73. The molecule has 9 heteroatoms. The number of carbonyl (C=O) groups excluding carboxylic acids is 1. The van der Waals surface area contributed by atoms with Gasteiger partial charge >= 0.3 is 5.97 Å². The number of carboxylic acids is 1. The van der Waals surface area contributed by atoms with Gasteiger partial charge in [-0.25, -0.2) is 9.48 Å². The molecule has 1 amide bonds. The molecule has 0 fully saturated rings. The van der Waals surface area contributed by atoms with E-state index in [2.05, 4.69) is 10.4 Å². The van der Waals surface area contributed by atoms with Crippen LogP contribution < -0.4 is 15.6 Å². The smallest absolute Gasteiger partial charge is 0.326 e. The van der Waals surface area contributed by atoms with Crippen LogP contribution in [0.5, 0.6) is 5.75 Å². The molecule has 0 saturated heterocycles. The normalized spacial score (nSPS) is 12.9. The van der Waals surface area contributed by atoms with Gasteiger partial charge in [-0.1, -0.05) is 38.1 Å². The lowest BCUT2D eigenvalue weighted by Gasteiger charge is -2.27. The van der Waals surface area contributed by atoms with Crippen LogP contribution >= 0.6 is 0 Å². The maximum absolute atomic E-state index is 13.2. The van der Waals surface area contributed by atoms with Gasteiger partial charge in [0.15, 0.2) is 5.75 Å². The van der Waals surface area contributed by atoms with Crippen LogP contribution in [-0.4, -0.2) is 44.5 Å². The van der Waals surface area contributed by atoms with E-state index in [0.29, 0.717) is 22.4 Å². The molecule has 9 nitrogen and oxygen atoms in total. The number of hydrogen-bond acceptors (Lipinski definition) is 5. The number of ether oxygens (including phenoxy) is 1. The lowest BCUT2D eigenvalue weighted by atomic mass is 9.99. The van der Waals surface area contributed by atoms with Crippen LogP contribution in [0.4, 0.5) is 0 Å². The summed E-state index contributed by atoms with van der Waals surface area (Å²) >= 11 is 0. The number of amides is 1. The quantitative estimate of drug-likeness (QED) is 0.487. The maximum atomic E-state index is 13.2. The molecule has 0 spiro atoms. The second kappa shape index (κ2) is 10.6. The highest BCUT2D eigenvalue weighted by Crippen LogP contribution is 2.26. The lowest BCUT2D eigenvalue weighted by Crippen LogP contribution is -2.46. The number of benzene rings is 1. The van der Waals surface area contributed by atoms with E-state index < -0.39 is 18.1 Å². The Labute approximate surface area is 204 Å². The molecule has 35 heavy (non-hydrogen) atoms. The van der Waals surface area contributed by atoms with Crippen molar-refractivity contribution >= 4 is 11.9 Å². The SMILES string of the molecule is COc1cnn(C)c(=O)c1-c1ccc(CC(NC(=O)C(C(C)C)n2c(C)ccc2C)C(=O)O)cc1. The van der Waals surface area contributed by atoms with Gasteiger partial charge in [0, 0.05) is 24.9 Å². The zero-order valence-electron chi connectivity index (χ0n) is 20.9. The van der Waals surface area contributed by atoms with E-state index in [-0.39, 0.29) is 23.8 Å². The van der Waals surface area contributed by atoms with Crippen molar-refractivity contribution in [2.75, 3.05) is 7.11 Å². The summed E-state index contributed by atoms with van der Waals surface area (Å²) in [5, 5.41) is 16.5. The zero-order chi connectivity index (χ0) is 25.9. The first-order chi connectivity index (χ1) is 16.5. The predicted molar refractivity (Wildman–Crippen MR) is 133 cm³/mol. The Bertz CT molecular complexity index is 1250. The van der Waals surface area contributed by atoms with Gasteiger partial charge in [0.05, 0.1) is 18.9 Å². The third-order valence-electron chi connectivity index (χ3n) is 6.12. The standard InChI is InChI=1S/C26H32N4O5/c1-15(2)23(30-16(3)7-8-17(30)4)24(31)28-20(26(33)34)13-18-9-11-19(12-10-18)22-21(35-6)14-27-29(5)25(22)32/h7-12,14-15,20,23H,13H2,1-6H3,(H,28,31)(H,33,34). The minimum Gasteiger partial charge on any atom is -0.494 e. The van der Waals surface area contributed by atoms with Crippen LogP contribution in [0.15, 0.2) is 47.4 Å². The molecule has 0 aliphatic rings. The minimum atomic E-state index is -1.12. The lowest BCUT2D eigenvalue weighted by molar-refractivity contribution is -0.142. The van der Waals surface area contributed by atoms with E-state index in [1.807, 2.05) is 44.4 Å². The number of nitrogens with one attached hydrogen (secondary N) is 1. The van der Waals surface area contributed by atoms with Crippen molar-refractivity contribution in [3.63, 3.8) is 0 Å². The maximum Gasteiger partial charge on any atom is 0.326 e. The molecule has 2 unspecified atom stereocenters. The Morgan fingerprint density at radius 2 is 1.69 bits per heavy atom. The van der Waals surface area contributed by atoms with Gasteiger partial charge in [0.1, 0.15) is 12.1 Å². The van der Waals surface area contributed by atoms with Crippen LogP contribution in [0, 0.1) is 19.8 Å². The van der Waals surface area contributed by atoms with E-state index in [1.165, 1.54) is 18.0 Å². The van der Waals surface area contributed by atoms with Crippen LogP contribution in [0.1, 0.15) is 36.8 Å². The zero-order valence-corrected chi connectivity index (χ0v) is 20.9. The van der Waals surface area contributed by atoms with Crippen molar-refractivity contribution in [3.05, 3.63) is 69.9 Å². The molecule has 2 aromatic heterocycles. The first-order valence-electron chi connectivity index (χ1n) is 11.4. The summed E-state index contributed by atoms with van der Waals surface area (Å²) in [5.41, 5.74) is 3.29. The largest absolute Gasteiger partial charge is 0.494 e. The Balaban J connectivity index is 1.83. The monoisotopic (exact) mass is 480 g/mol. The number of nitrogens with zero attached hydrogens (tertiary/aromatic N) is 3. The minimum absolute atomic E-state index is 0.0357. The van der Waals surface area contributed by atoms with Gasteiger partial charge in [0.2, 0.25) is 5.91 Å². The molecule has 3 rings (SSSR count). The van der Waals surface area contributed by atoms with Gasteiger partial charge in [-0.2, -0.15) is 5.10 Å². The second-order valence-electron chi connectivity index (χ2n) is 8.99. The number of rotatable bonds is 9. The van der Waals surface area contributed by atoms with Gasteiger partial charge in [0.25, 0.3) is 5.56 Å². The summed E-state index contributed by atoms with van der Waals surface area (Å²) in [4.78, 5) is 37.8. The number of carbonyl (C=O) groups is 2. The van der Waals surface area contributed by atoms with Crippen LogP contribution in [-0.2, 0) is 23.1 Å². The highest BCUT2D eigenvalue weighted by atomic mass is 16.5. The fourth-order valence-electron chi connectivity index (χ4n) is 4.28. The van der Waals surface area contributed by atoms with Crippen molar-refractivity contribution in [2.45, 2.75) is 46.2 Å². The Kier molecular flexibility index (Phi) is 7.78. The molecule has 0 bridgehead atoms. The first kappa shape index (κ1) is 25.7. The molecule has 1 aromatic carbocycles. The summed E-state index contributed by atoms with van der Waals surface area (Å²) in [6.07, 6.45) is 1.57. The van der Waals surface area contributed by atoms with Crippen molar-refractivity contribution in [2.24, 2.45) is 13.0 Å². The Hall–Kier alpha value is -3.88. The van der Waals surface area contributed by atoms with Crippen molar-refractivity contribution < 1.29 is 19.4 Å². The van der Waals surface area contributed by atoms with Crippen molar-refractivity contribution in [3.8, 4) is 16.9 Å².